The molecule has 1 aliphatic rings. The number of thiophene rings is 1. The number of carboxylic acids is 2. The standard InChI is InChI=1S/C46H56N4O7S.ClH/c1-6-36(7-2)50(26-25-49(5)39(51)28-46(3,4)45(56)57)29-32-11-10-12-34(27-32)41(52)48-43-40(37-13-8-9-14-38(37)58-43)42(53)47-35-23-19-31(20-24-35)16-15-30-17-21-33(22-18-30)44(54)55;/h10-12,17-24,27,36H,6-9,13-16,25-26,28-29H2,1-5H3,(H,47,53)(H,48,52)(H,54,55)(H,56,57);1H. The summed E-state index contributed by atoms with van der Waals surface area (Å²) in [4.78, 5) is 68.5. The van der Waals surface area contributed by atoms with Crippen LogP contribution in [0.1, 0.15) is 118 Å². The average Bonchev–Trinajstić information content (AvgIpc) is 3.57. The molecular formula is C46H57ClN4O7S. The van der Waals surface area contributed by atoms with Crippen LogP contribution in [0.4, 0.5) is 10.7 Å². The quantitative estimate of drug-likeness (QED) is 0.0729. The minimum absolute atomic E-state index is 0. The highest BCUT2D eigenvalue weighted by atomic mass is 35.5. The topological polar surface area (TPSA) is 156 Å². The Hall–Kier alpha value is -5.04. The zero-order chi connectivity index (χ0) is 42.0. The number of rotatable bonds is 19. The Morgan fingerprint density at radius 1 is 0.780 bits per heavy atom. The third-order valence-electron chi connectivity index (χ3n) is 11.1. The monoisotopic (exact) mass is 844 g/mol. The van der Waals surface area contributed by atoms with Crippen molar-refractivity contribution in [2.75, 3.05) is 30.8 Å². The Morgan fingerprint density at radius 2 is 1.41 bits per heavy atom. The number of carboxylic acid groups (broad SMARTS) is 2. The number of likely N-dealkylation sites (N-methyl/N-ethyl adjacent to an activating group) is 1. The molecule has 0 saturated carbocycles. The first-order chi connectivity index (χ1) is 27.7. The summed E-state index contributed by atoms with van der Waals surface area (Å²) in [6, 6.07) is 22.4. The predicted molar refractivity (Wildman–Crippen MR) is 236 cm³/mol. The number of aryl methyl sites for hydroxylation is 3. The van der Waals surface area contributed by atoms with Gasteiger partial charge in [0.05, 0.1) is 16.5 Å². The summed E-state index contributed by atoms with van der Waals surface area (Å²) in [6.07, 6.45) is 6.90. The van der Waals surface area contributed by atoms with Gasteiger partial charge < -0.3 is 25.7 Å². The summed E-state index contributed by atoms with van der Waals surface area (Å²) in [7, 11) is 1.71. The molecule has 3 amide bonds. The van der Waals surface area contributed by atoms with Gasteiger partial charge in [0.15, 0.2) is 0 Å². The van der Waals surface area contributed by atoms with Crippen LogP contribution in [0.25, 0.3) is 0 Å². The maximum absolute atomic E-state index is 13.9. The van der Waals surface area contributed by atoms with Crippen LogP contribution in [0.15, 0.2) is 72.8 Å². The van der Waals surface area contributed by atoms with Gasteiger partial charge in [0.1, 0.15) is 5.00 Å². The van der Waals surface area contributed by atoms with Crippen LogP contribution in [-0.2, 0) is 41.8 Å². The lowest BCUT2D eigenvalue weighted by Crippen LogP contribution is -2.42. The van der Waals surface area contributed by atoms with Gasteiger partial charge in [-0.3, -0.25) is 24.1 Å². The number of hydrogen-bond donors (Lipinski definition) is 4. The average molecular weight is 846 g/mol. The molecule has 1 aliphatic carbocycles. The van der Waals surface area contributed by atoms with Crippen molar-refractivity contribution < 1.29 is 34.2 Å². The maximum atomic E-state index is 13.9. The molecule has 5 rings (SSSR count). The van der Waals surface area contributed by atoms with E-state index in [1.807, 2.05) is 54.6 Å². The molecule has 0 saturated heterocycles. The summed E-state index contributed by atoms with van der Waals surface area (Å²) < 4.78 is 0. The number of anilines is 2. The number of carbonyl (C=O) groups excluding carboxylic acids is 3. The van der Waals surface area contributed by atoms with E-state index in [1.165, 1.54) is 11.3 Å². The number of aliphatic carboxylic acids is 1. The number of nitrogens with one attached hydrogen (secondary N) is 2. The number of benzene rings is 3. The van der Waals surface area contributed by atoms with E-state index in [4.69, 9.17) is 5.11 Å². The van der Waals surface area contributed by atoms with Crippen LogP contribution in [0.3, 0.4) is 0 Å². The molecule has 4 N–H and O–H groups in total. The van der Waals surface area contributed by atoms with Crippen LogP contribution < -0.4 is 10.6 Å². The van der Waals surface area contributed by atoms with E-state index < -0.39 is 17.4 Å². The maximum Gasteiger partial charge on any atom is 0.335 e. The molecule has 0 radical (unpaired) electrons. The van der Waals surface area contributed by atoms with Crippen molar-refractivity contribution in [1.82, 2.24) is 9.80 Å². The van der Waals surface area contributed by atoms with E-state index in [9.17, 15) is 29.1 Å². The van der Waals surface area contributed by atoms with Crippen molar-refractivity contribution in [1.29, 1.82) is 0 Å². The lowest BCUT2D eigenvalue weighted by molar-refractivity contribution is -0.151. The first kappa shape index (κ1) is 46.6. The molecule has 0 fully saturated rings. The predicted octanol–water partition coefficient (Wildman–Crippen LogP) is 8.99. The molecule has 11 nitrogen and oxygen atoms in total. The Bertz CT molecular complexity index is 2090. The van der Waals surface area contributed by atoms with E-state index in [2.05, 4.69) is 29.4 Å². The first-order valence-electron chi connectivity index (χ1n) is 20.2. The van der Waals surface area contributed by atoms with E-state index in [0.29, 0.717) is 41.4 Å². The highest BCUT2D eigenvalue weighted by Crippen LogP contribution is 2.39. The van der Waals surface area contributed by atoms with Crippen LogP contribution in [0.2, 0.25) is 0 Å². The van der Waals surface area contributed by atoms with Gasteiger partial charge in [0, 0.05) is 55.3 Å². The summed E-state index contributed by atoms with van der Waals surface area (Å²) in [5.41, 5.74) is 4.85. The lowest BCUT2D eigenvalue weighted by atomic mass is 9.89. The Balaban J connectivity index is 0.00000769. The van der Waals surface area contributed by atoms with Crippen LogP contribution >= 0.6 is 23.7 Å². The summed E-state index contributed by atoms with van der Waals surface area (Å²) in [5, 5.41) is 25.3. The summed E-state index contributed by atoms with van der Waals surface area (Å²) in [6.45, 7) is 8.97. The van der Waals surface area contributed by atoms with E-state index in [0.717, 1.165) is 78.5 Å². The van der Waals surface area contributed by atoms with Gasteiger partial charge in [-0.25, -0.2) is 4.79 Å². The van der Waals surface area contributed by atoms with Gasteiger partial charge in [-0.05, 0) is 124 Å². The third-order valence-corrected chi connectivity index (χ3v) is 12.3. The molecule has 0 aliphatic heterocycles. The minimum atomic E-state index is -1.15. The molecule has 0 atom stereocenters. The van der Waals surface area contributed by atoms with Gasteiger partial charge in [-0.1, -0.05) is 50.2 Å². The van der Waals surface area contributed by atoms with Crippen LogP contribution in [-0.4, -0.2) is 75.9 Å². The first-order valence-corrected chi connectivity index (χ1v) is 21.0. The number of hydrogen-bond acceptors (Lipinski definition) is 7. The van der Waals surface area contributed by atoms with Gasteiger partial charge in [0.25, 0.3) is 11.8 Å². The second-order valence-electron chi connectivity index (χ2n) is 15.8. The van der Waals surface area contributed by atoms with Crippen molar-refractivity contribution >= 4 is 64.1 Å². The summed E-state index contributed by atoms with van der Waals surface area (Å²) >= 11 is 1.48. The van der Waals surface area contributed by atoms with E-state index in [-0.39, 0.29) is 48.2 Å². The number of fused-ring (bicyclic) bond motifs is 1. The second-order valence-corrected chi connectivity index (χ2v) is 16.9. The molecule has 3 aromatic carbocycles. The number of aromatic carboxylic acids is 1. The normalized spacial score (nSPS) is 12.4. The van der Waals surface area contributed by atoms with Gasteiger partial charge in [-0.15, -0.1) is 23.7 Å². The van der Waals surface area contributed by atoms with Gasteiger partial charge >= 0.3 is 11.9 Å². The zero-order valence-electron chi connectivity index (χ0n) is 34.6. The molecule has 0 unspecified atom stereocenters. The SMILES string of the molecule is CCC(CC)N(CCN(C)C(=O)CC(C)(C)C(=O)O)Cc1cccc(C(=O)Nc2sc3c(c2C(=O)Nc2ccc(CCc4ccc(C(=O)O)cc4)cc2)CCCC3)c1.Cl. The fraction of sp³-hybridized carbons (Fsp3) is 0.413. The zero-order valence-corrected chi connectivity index (χ0v) is 36.3. The van der Waals surface area contributed by atoms with Gasteiger partial charge in [-0.2, -0.15) is 0 Å². The van der Waals surface area contributed by atoms with Crippen LogP contribution in [0, 0.1) is 5.41 Å². The molecule has 0 bridgehead atoms. The lowest BCUT2D eigenvalue weighted by Gasteiger charge is -2.32. The highest BCUT2D eigenvalue weighted by Gasteiger charge is 2.32. The molecule has 4 aromatic rings. The van der Waals surface area contributed by atoms with E-state index >= 15 is 0 Å². The molecule has 59 heavy (non-hydrogen) atoms. The van der Waals surface area contributed by atoms with Crippen molar-refractivity contribution in [3.05, 3.63) is 117 Å². The van der Waals surface area contributed by atoms with Crippen LogP contribution in [0.5, 0.6) is 0 Å². The minimum Gasteiger partial charge on any atom is -0.481 e. The number of nitrogens with zero attached hydrogens (tertiary/aromatic N) is 2. The third kappa shape index (κ3) is 12.5. The fourth-order valence-corrected chi connectivity index (χ4v) is 8.64. The fourth-order valence-electron chi connectivity index (χ4n) is 7.35. The highest BCUT2D eigenvalue weighted by molar-refractivity contribution is 7.17. The Morgan fingerprint density at radius 3 is 2.02 bits per heavy atom. The van der Waals surface area contributed by atoms with Gasteiger partial charge in [0.2, 0.25) is 5.91 Å². The van der Waals surface area contributed by atoms with Crippen molar-refractivity contribution in [2.45, 2.75) is 98.1 Å². The van der Waals surface area contributed by atoms with Crippen molar-refractivity contribution in [3.8, 4) is 0 Å². The van der Waals surface area contributed by atoms with Crippen molar-refractivity contribution in [3.63, 3.8) is 0 Å². The molecule has 1 aromatic heterocycles. The second kappa shape index (κ2) is 21.3. The Labute approximate surface area is 357 Å². The van der Waals surface area contributed by atoms with Crippen molar-refractivity contribution in [2.24, 2.45) is 5.41 Å². The smallest absolute Gasteiger partial charge is 0.335 e. The number of amides is 3. The molecule has 1 heterocycles. The molecule has 316 valence electrons. The molecule has 0 spiro atoms. The molecular weight excluding hydrogens is 788 g/mol. The summed E-state index contributed by atoms with van der Waals surface area (Å²) in [5.74, 6) is -2.72. The Kier molecular flexibility index (Phi) is 16.8. The number of halogens is 1. The number of carbonyl (C=O) groups is 5. The van der Waals surface area contributed by atoms with E-state index in [1.54, 1.807) is 44.0 Å². The largest absolute Gasteiger partial charge is 0.481 e. The molecule has 13 heteroatoms.